The van der Waals surface area contributed by atoms with Crippen molar-refractivity contribution in [2.24, 2.45) is 0 Å². The Balaban J connectivity index is 2.37. The number of carbonyl (C=O) groups is 1. The van der Waals surface area contributed by atoms with Crippen LogP contribution < -0.4 is 4.72 Å². The summed E-state index contributed by atoms with van der Waals surface area (Å²) in [5, 5.41) is 9.85. The number of hydrogen-bond acceptors (Lipinski definition) is 4. The first-order chi connectivity index (χ1) is 11.1. The van der Waals surface area contributed by atoms with Crippen LogP contribution in [0.25, 0.3) is 0 Å². The number of sulfonamides is 1. The summed E-state index contributed by atoms with van der Waals surface area (Å²) in [5.74, 6) is 0. The lowest BCUT2D eigenvalue weighted by Crippen LogP contribution is -2.43. The number of carboxylic acid groups (broad SMARTS) is 1. The third-order valence-electron chi connectivity index (χ3n) is 3.86. The van der Waals surface area contributed by atoms with E-state index in [0.717, 1.165) is 6.26 Å². The number of rotatable bonds is 4. The van der Waals surface area contributed by atoms with Crippen LogP contribution in [-0.2, 0) is 20.4 Å². The number of ether oxygens (including phenoxy) is 1. The smallest absolute Gasteiger partial charge is 0.407 e. The first-order valence-electron chi connectivity index (χ1n) is 7.15. The van der Waals surface area contributed by atoms with E-state index in [0.29, 0.717) is 15.6 Å². The van der Waals surface area contributed by atoms with Gasteiger partial charge in [0.05, 0.1) is 22.9 Å². The van der Waals surface area contributed by atoms with Crippen LogP contribution in [0.5, 0.6) is 0 Å². The highest BCUT2D eigenvalue weighted by Crippen LogP contribution is 2.35. The zero-order valence-electron chi connectivity index (χ0n) is 13.0. The largest absolute Gasteiger partial charge is 0.465 e. The highest BCUT2D eigenvalue weighted by Gasteiger charge is 2.37. The van der Waals surface area contributed by atoms with E-state index in [9.17, 15) is 13.2 Å². The van der Waals surface area contributed by atoms with Gasteiger partial charge in [0, 0.05) is 19.6 Å². The first kappa shape index (κ1) is 19.3. The summed E-state index contributed by atoms with van der Waals surface area (Å²) in [4.78, 5) is 12.4. The molecule has 1 unspecified atom stereocenters. The minimum absolute atomic E-state index is 0.0305. The molecule has 1 saturated heterocycles. The van der Waals surface area contributed by atoms with Crippen molar-refractivity contribution in [3.8, 4) is 0 Å². The van der Waals surface area contributed by atoms with E-state index in [-0.39, 0.29) is 32.7 Å². The van der Waals surface area contributed by atoms with Crippen molar-refractivity contribution in [3.05, 3.63) is 33.8 Å². The third kappa shape index (κ3) is 4.73. The summed E-state index contributed by atoms with van der Waals surface area (Å²) in [7, 11) is -3.45. The molecule has 0 bridgehead atoms. The summed E-state index contributed by atoms with van der Waals surface area (Å²) < 4.78 is 31.4. The fourth-order valence-electron chi connectivity index (χ4n) is 2.54. The van der Waals surface area contributed by atoms with Gasteiger partial charge >= 0.3 is 6.09 Å². The maximum absolute atomic E-state index is 11.5. The molecule has 0 aliphatic carbocycles. The summed E-state index contributed by atoms with van der Waals surface area (Å²) in [6.45, 7) is 0.521. The average Bonchev–Trinajstić information content (AvgIpc) is 2.71. The van der Waals surface area contributed by atoms with Crippen molar-refractivity contribution in [1.29, 1.82) is 0 Å². The Morgan fingerprint density at radius 3 is 2.67 bits per heavy atom. The second-order valence-corrected chi connectivity index (χ2v) is 8.23. The van der Waals surface area contributed by atoms with E-state index in [1.54, 1.807) is 18.2 Å². The Morgan fingerprint density at radius 2 is 2.08 bits per heavy atom. The van der Waals surface area contributed by atoms with Gasteiger partial charge in [-0.25, -0.2) is 17.9 Å². The van der Waals surface area contributed by atoms with Gasteiger partial charge in [-0.15, -0.1) is 0 Å². The Labute approximate surface area is 150 Å². The van der Waals surface area contributed by atoms with Gasteiger partial charge < -0.3 is 14.7 Å². The van der Waals surface area contributed by atoms with E-state index in [2.05, 4.69) is 4.72 Å². The van der Waals surface area contributed by atoms with Crippen LogP contribution in [0.15, 0.2) is 18.2 Å². The topological polar surface area (TPSA) is 95.9 Å². The number of benzene rings is 1. The molecule has 10 heteroatoms. The molecule has 7 nitrogen and oxygen atoms in total. The number of halogens is 2. The molecule has 1 aliphatic heterocycles. The molecular weight excluding hydrogens is 379 g/mol. The maximum Gasteiger partial charge on any atom is 0.407 e. The quantitative estimate of drug-likeness (QED) is 0.812. The second-order valence-electron chi connectivity index (χ2n) is 5.58. The van der Waals surface area contributed by atoms with E-state index in [1.807, 2.05) is 0 Å². The molecule has 2 rings (SSSR count). The first-order valence-corrected chi connectivity index (χ1v) is 9.80. The lowest BCUT2D eigenvalue weighted by atomic mass is 9.90. The average molecular weight is 397 g/mol. The predicted octanol–water partition coefficient (Wildman–Crippen LogP) is 2.14. The third-order valence-corrected chi connectivity index (χ3v) is 5.27. The van der Waals surface area contributed by atoms with Crippen LogP contribution in [0.3, 0.4) is 0 Å². The SMILES string of the molecule is CS(=O)(=O)NCC1(c2ccc(Cl)c(Cl)c2)CCN(C(=O)O)CCO1. The van der Waals surface area contributed by atoms with Gasteiger partial charge in [-0.1, -0.05) is 29.3 Å². The van der Waals surface area contributed by atoms with Crippen molar-refractivity contribution < 1.29 is 23.1 Å². The van der Waals surface area contributed by atoms with E-state index < -0.39 is 21.7 Å². The fourth-order valence-corrected chi connectivity index (χ4v) is 3.33. The molecule has 1 heterocycles. The highest BCUT2D eigenvalue weighted by atomic mass is 35.5. The standard InChI is InChI=1S/C14H18Cl2N2O5S/c1-24(21,22)17-9-14(10-2-3-11(15)12(16)8-10)4-5-18(13(19)20)6-7-23-14/h2-3,8,17H,4-7,9H2,1H3,(H,19,20). The van der Waals surface area contributed by atoms with Gasteiger partial charge in [0.15, 0.2) is 0 Å². The Hall–Kier alpha value is -1.06. The van der Waals surface area contributed by atoms with Crippen LogP contribution in [0.2, 0.25) is 10.0 Å². The van der Waals surface area contributed by atoms with Crippen LogP contribution in [0, 0.1) is 0 Å². The molecule has 0 spiro atoms. The number of nitrogens with one attached hydrogen (secondary N) is 1. The second kappa shape index (κ2) is 7.45. The van der Waals surface area contributed by atoms with Crippen molar-refractivity contribution >= 4 is 39.3 Å². The van der Waals surface area contributed by atoms with Crippen LogP contribution in [0.4, 0.5) is 4.79 Å². The zero-order valence-corrected chi connectivity index (χ0v) is 15.3. The minimum Gasteiger partial charge on any atom is -0.465 e. The summed E-state index contributed by atoms with van der Waals surface area (Å²) >= 11 is 12.0. The molecule has 24 heavy (non-hydrogen) atoms. The minimum atomic E-state index is -3.45. The molecule has 1 aromatic carbocycles. The highest BCUT2D eigenvalue weighted by molar-refractivity contribution is 7.88. The zero-order chi connectivity index (χ0) is 18.0. The van der Waals surface area contributed by atoms with E-state index in [4.69, 9.17) is 33.0 Å². The van der Waals surface area contributed by atoms with Crippen molar-refractivity contribution in [2.75, 3.05) is 32.5 Å². The van der Waals surface area contributed by atoms with Crippen molar-refractivity contribution in [1.82, 2.24) is 9.62 Å². The Bertz CT molecular complexity index is 728. The Morgan fingerprint density at radius 1 is 1.38 bits per heavy atom. The molecule has 0 saturated carbocycles. The van der Waals surface area contributed by atoms with Gasteiger partial charge in [0.1, 0.15) is 5.60 Å². The molecule has 134 valence electrons. The maximum atomic E-state index is 11.5. The molecule has 1 aromatic rings. The van der Waals surface area contributed by atoms with Gasteiger partial charge in [-0.3, -0.25) is 0 Å². The van der Waals surface area contributed by atoms with E-state index >= 15 is 0 Å². The normalized spacial score (nSPS) is 22.2. The molecule has 1 aliphatic rings. The van der Waals surface area contributed by atoms with Crippen LogP contribution in [-0.4, -0.2) is 57.0 Å². The van der Waals surface area contributed by atoms with Crippen molar-refractivity contribution in [2.45, 2.75) is 12.0 Å². The molecule has 1 amide bonds. The van der Waals surface area contributed by atoms with Crippen LogP contribution in [0.1, 0.15) is 12.0 Å². The van der Waals surface area contributed by atoms with E-state index in [1.165, 1.54) is 4.90 Å². The summed E-state index contributed by atoms with van der Waals surface area (Å²) in [6, 6.07) is 4.92. The van der Waals surface area contributed by atoms with Gasteiger partial charge in [-0.05, 0) is 24.1 Å². The van der Waals surface area contributed by atoms with Gasteiger partial charge in [0.2, 0.25) is 10.0 Å². The molecule has 1 atom stereocenters. The Kier molecular flexibility index (Phi) is 5.98. The summed E-state index contributed by atoms with van der Waals surface area (Å²) in [5.41, 5.74) is -0.387. The molecular formula is C14H18Cl2N2O5S. The lowest BCUT2D eigenvalue weighted by molar-refractivity contribution is -0.0385. The molecule has 1 fully saturated rings. The fraction of sp³-hybridized carbons (Fsp3) is 0.500. The molecule has 2 N–H and O–H groups in total. The number of hydrogen-bond donors (Lipinski definition) is 2. The molecule has 0 aromatic heterocycles. The van der Waals surface area contributed by atoms with Gasteiger partial charge in [-0.2, -0.15) is 0 Å². The van der Waals surface area contributed by atoms with Crippen molar-refractivity contribution in [3.63, 3.8) is 0 Å². The monoisotopic (exact) mass is 396 g/mol. The number of nitrogens with zero attached hydrogens (tertiary/aromatic N) is 1. The van der Waals surface area contributed by atoms with Gasteiger partial charge in [0.25, 0.3) is 0 Å². The number of amides is 1. The summed E-state index contributed by atoms with van der Waals surface area (Å²) in [6.07, 6.45) is 0.287. The molecule has 0 radical (unpaired) electrons. The lowest BCUT2D eigenvalue weighted by Gasteiger charge is -2.33. The predicted molar refractivity (Wildman–Crippen MR) is 91.2 cm³/mol. The van der Waals surface area contributed by atoms with Crippen LogP contribution >= 0.6 is 23.2 Å².